The molecule has 0 unspecified atom stereocenters. The lowest BCUT2D eigenvalue weighted by molar-refractivity contribution is 0.103. The zero-order chi connectivity index (χ0) is 20.9. The first-order valence-electron chi connectivity index (χ1n) is 9.16. The van der Waals surface area contributed by atoms with E-state index in [2.05, 4.69) is 0 Å². The van der Waals surface area contributed by atoms with Crippen molar-refractivity contribution in [3.05, 3.63) is 60.2 Å². The van der Waals surface area contributed by atoms with Crippen LogP contribution in [0.25, 0.3) is 10.1 Å². The number of aromatic hydroxyl groups is 1. The summed E-state index contributed by atoms with van der Waals surface area (Å²) in [6, 6.07) is 6.94. The molecule has 29 heavy (non-hydrogen) atoms. The Morgan fingerprint density at radius 3 is 2.62 bits per heavy atom. The maximum Gasteiger partial charge on any atom is 0.271 e. The fourth-order valence-electron chi connectivity index (χ4n) is 4.03. The Bertz CT molecular complexity index is 1260. The van der Waals surface area contributed by atoms with Crippen LogP contribution in [0.5, 0.6) is 5.88 Å². The van der Waals surface area contributed by atoms with Gasteiger partial charge < -0.3 is 5.11 Å². The average molecular weight is 447 g/mol. The van der Waals surface area contributed by atoms with E-state index in [1.54, 1.807) is 18.2 Å². The molecule has 0 aliphatic heterocycles. The number of nitrogens with zero attached hydrogens (tertiary/aromatic N) is 2. The van der Waals surface area contributed by atoms with Crippen molar-refractivity contribution in [2.75, 3.05) is 0 Å². The monoisotopic (exact) mass is 446 g/mol. The van der Waals surface area contributed by atoms with E-state index in [0.717, 1.165) is 17.5 Å². The Kier molecular flexibility index (Phi) is 5.16. The zero-order valence-corrected chi connectivity index (χ0v) is 17.8. The van der Waals surface area contributed by atoms with Crippen molar-refractivity contribution in [2.24, 2.45) is 0 Å². The van der Waals surface area contributed by atoms with Gasteiger partial charge in [0.15, 0.2) is 0 Å². The van der Waals surface area contributed by atoms with Crippen LogP contribution in [0.15, 0.2) is 23.0 Å². The molecule has 0 radical (unpaired) electrons. The number of carbonyl (C=O) groups excluding carboxylic acids is 1. The van der Waals surface area contributed by atoms with Crippen LogP contribution >= 0.6 is 34.5 Å². The summed E-state index contributed by atoms with van der Waals surface area (Å²) < 4.78 is 1.95. The first-order valence-corrected chi connectivity index (χ1v) is 10.7. The second kappa shape index (κ2) is 7.49. The molecule has 1 fully saturated rings. The zero-order valence-electron chi connectivity index (χ0n) is 15.5. The van der Waals surface area contributed by atoms with Crippen molar-refractivity contribution in [1.29, 1.82) is 5.26 Å². The smallest absolute Gasteiger partial charge is 0.271 e. The van der Waals surface area contributed by atoms with Gasteiger partial charge in [0.2, 0.25) is 11.7 Å². The number of nitriles is 1. The van der Waals surface area contributed by atoms with Gasteiger partial charge in [-0.15, -0.1) is 11.3 Å². The molecule has 0 saturated heterocycles. The first kappa shape index (κ1) is 20.0. The summed E-state index contributed by atoms with van der Waals surface area (Å²) >= 11 is 13.9. The highest BCUT2D eigenvalue weighted by Gasteiger charge is 2.31. The third-order valence-electron chi connectivity index (χ3n) is 5.48. The summed E-state index contributed by atoms with van der Waals surface area (Å²) in [6.07, 6.45) is 3.29. The summed E-state index contributed by atoms with van der Waals surface area (Å²) in [6.45, 7) is 1.50. The summed E-state index contributed by atoms with van der Waals surface area (Å²) in [5, 5.41) is 21.7. The van der Waals surface area contributed by atoms with Crippen LogP contribution in [0.4, 0.5) is 0 Å². The fourth-order valence-corrected chi connectivity index (χ4v) is 5.93. The topological polar surface area (TPSA) is 83.1 Å². The van der Waals surface area contributed by atoms with Gasteiger partial charge in [0.05, 0.1) is 20.5 Å². The van der Waals surface area contributed by atoms with Gasteiger partial charge in [0, 0.05) is 16.1 Å². The fraction of sp³-hybridized carbons (Fsp3) is 0.286. The second-order valence-corrected chi connectivity index (χ2v) is 8.95. The van der Waals surface area contributed by atoms with Gasteiger partial charge in [-0.3, -0.25) is 14.2 Å². The molecule has 1 aliphatic carbocycles. The maximum atomic E-state index is 13.4. The summed E-state index contributed by atoms with van der Waals surface area (Å²) in [4.78, 5) is 26.5. The lowest BCUT2D eigenvalue weighted by Crippen LogP contribution is -2.29. The normalized spacial score (nSPS) is 14.4. The van der Waals surface area contributed by atoms with E-state index in [1.807, 2.05) is 6.07 Å². The minimum atomic E-state index is -0.559. The highest BCUT2D eigenvalue weighted by atomic mass is 35.5. The number of fused-ring (bicyclic) bond motifs is 1. The summed E-state index contributed by atoms with van der Waals surface area (Å²) in [5.74, 6) is -0.923. The molecule has 5 nitrogen and oxygen atoms in total. The van der Waals surface area contributed by atoms with Crippen LogP contribution < -0.4 is 5.56 Å². The van der Waals surface area contributed by atoms with Gasteiger partial charge in [0.1, 0.15) is 11.6 Å². The van der Waals surface area contributed by atoms with E-state index >= 15 is 0 Å². The molecule has 2 aromatic heterocycles. The van der Waals surface area contributed by atoms with Crippen molar-refractivity contribution < 1.29 is 9.90 Å². The van der Waals surface area contributed by atoms with Gasteiger partial charge in [-0.1, -0.05) is 42.1 Å². The molecule has 0 spiro atoms. The minimum absolute atomic E-state index is 0.0578. The molecule has 2 heterocycles. The van der Waals surface area contributed by atoms with Crippen molar-refractivity contribution in [2.45, 2.75) is 38.6 Å². The second-order valence-electron chi connectivity index (χ2n) is 7.11. The number of hydrogen-bond acceptors (Lipinski definition) is 5. The van der Waals surface area contributed by atoms with Crippen molar-refractivity contribution in [1.82, 2.24) is 4.57 Å². The number of halogens is 2. The molecular formula is C21H16Cl2N2O3S. The maximum absolute atomic E-state index is 13.4. The van der Waals surface area contributed by atoms with Gasteiger partial charge >= 0.3 is 0 Å². The lowest BCUT2D eigenvalue weighted by Gasteiger charge is -2.19. The molecule has 1 N–H and O–H groups in total. The molecule has 0 bridgehead atoms. The molecule has 1 aliphatic rings. The van der Waals surface area contributed by atoms with Crippen LogP contribution in [-0.4, -0.2) is 15.5 Å². The highest BCUT2D eigenvalue weighted by Crippen LogP contribution is 2.42. The third-order valence-corrected chi connectivity index (χ3v) is 7.43. The minimum Gasteiger partial charge on any atom is -0.494 e. The van der Waals surface area contributed by atoms with Gasteiger partial charge in [-0.25, -0.2) is 0 Å². The van der Waals surface area contributed by atoms with Crippen LogP contribution in [0, 0.1) is 18.3 Å². The molecule has 0 atom stereocenters. The molecule has 1 saturated carbocycles. The number of benzene rings is 1. The van der Waals surface area contributed by atoms with E-state index in [1.165, 1.54) is 22.8 Å². The number of pyridine rings is 1. The number of thiophene rings is 1. The number of ketones is 1. The van der Waals surface area contributed by atoms with Crippen molar-refractivity contribution >= 4 is 50.4 Å². The average Bonchev–Trinajstić information content (AvgIpc) is 3.31. The lowest BCUT2D eigenvalue weighted by atomic mass is 9.99. The van der Waals surface area contributed by atoms with E-state index in [0.29, 0.717) is 23.3 Å². The van der Waals surface area contributed by atoms with E-state index in [4.69, 9.17) is 23.2 Å². The Morgan fingerprint density at radius 2 is 2.00 bits per heavy atom. The molecule has 1 aromatic carbocycles. The molecule has 148 valence electrons. The highest BCUT2D eigenvalue weighted by molar-refractivity contribution is 7.22. The summed E-state index contributed by atoms with van der Waals surface area (Å²) in [7, 11) is 0. The number of hydrogen-bond donors (Lipinski definition) is 1. The largest absolute Gasteiger partial charge is 0.494 e. The molecule has 4 rings (SSSR count). The Labute approximate surface area is 180 Å². The molecule has 0 amide bonds. The Morgan fingerprint density at radius 1 is 1.31 bits per heavy atom. The Hall–Kier alpha value is -2.33. The SMILES string of the molecule is Cc1c(C(=O)c2sc3cccc(Cl)c3c2Cl)c(O)n(C2CCCC2)c(=O)c1C#N. The number of carbonyl (C=O) groups is 1. The van der Waals surface area contributed by atoms with E-state index in [9.17, 15) is 20.0 Å². The predicted octanol–water partition coefficient (Wildman–Crippen LogP) is 5.60. The third kappa shape index (κ3) is 3.05. The van der Waals surface area contributed by atoms with Gasteiger partial charge in [0.25, 0.3) is 5.56 Å². The summed E-state index contributed by atoms with van der Waals surface area (Å²) in [5.41, 5.74) is -0.587. The predicted molar refractivity (Wildman–Crippen MR) is 115 cm³/mol. The number of rotatable bonds is 3. The molecule has 8 heteroatoms. The van der Waals surface area contributed by atoms with Crippen molar-refractivity contribution in [3.8, 4) is 11.9 Å². The van der Waals surface area contributed by atoms with Crippen LogP contribution in [-0.2, 0) is 0 Å². The molecular weight excluding hydrogens is 431 g/mol. The Balaban J connectivity index is 1.98. The van der Waals surface area contributed by atoms with Crippen LogP contribution in [0.1, 0.15) is 58.1 Å². The van der Waals surface area contributed by atoms with E-state index < -0.39 is 17.2 Å². The number of aromatic nitrogens is 1. The van der Waals surface area contributed by atoms with Crippen LogP contribution in [0.2, 0.25) is 10.0 Å². The first-order chi connectivity index (χ1) is 13.9. The van der Waals surface area contributed by atoms with Gasteiger partial charge in [-0.05, 0) is 37.5 Å². The molecule has 3 aromatic rings. The quantitative estimate of drug-likeness (QED) is 0.530. The van der Waals surface area contributed by atoms with Gasteiger partial charge in [-0.2, -0.15) is 5.26 Å². The van der Waals surface area contributed by atoms with Crippen molar-refractivity contribution in [3.63, 3.8) is 0 Å². The van der Waals surface area contributed by atoms with Crippen LogP contribution in [0.3, 0.4) is 0 Å². The van der Waals surface area contributed by atoms with E-state index in [-0.39, 0.29) is 32.6 Å². The standard InChI is InChI=1S/C21H16Cl2N2O3S/c1-10-12(9-24)20(27)25(11-5-2-3-6-11)21(28)15(10)18(26)19-17(23)16-13(22)7-4-8-14(16)29-19/h4,7-8,11,28H,2-3,5-6H2,1H3.